The van der Waals surface area contributed by atoms with Crippen molar-refractivity contribution in [3.05, 3.63) is 69.8 Å². The van der Waals surface area contributed by atoms with E-state index in [4.69, 9.17) is 9.47 Å². The Bertz CT molecular complexity index is 893. The van der Waals surface area contributed by atoms with Gasteiger partial charge in [-0.2, -0.15) is 0 Å². The van der Waals surface area contributed by atoms with Gasteiger partial charge in [0, 0.05) is 17.5 Å². The van der Waals surface area contributed by atoms with Crippen molar-refractivity contribution in [3.8, 4) is 11.5 Å². The predicted molar refractivity (Wildman–Crippen MR) is 99.0 cm³/mol. The third kappa shape index (κ3) is 2.41. The molecule has 0 saturated heterocycles. The number of nitrogens with one attached hydrogen (secondary N) is 1. The highest BCUT2D eigenvalue weighted by atomic mass is 16.6. The molecule has 2 aromatic carbocycles. The van der Waals surface area contributed by atoms with E-state index in [2.05, 4.69) is 17.5 Å². The number of nitro groups is 1. The molecule has 0 saturated carbocycles. The average molecular weight is 352 g/mol. The van der Waals surface area contributed by atoms with Crippen LogP contribution in [0, 0.1) is 16.0 Å². The summed E-state index contributed by atoms with van der Waals surface area (Å²) in [5.74, 6) is 1.82. The molecular weight excluding hydrogens is 332 g/mol. The molecule has 2 aromatic rings. The highest BCUT2D eigenvalue weighted by Gasteiger charge is 2.42. The quantitative estimate of drug-likeness (QED) is 0.500. The van der Waals surface area contributed by atoms with Gasteiger partial charge < -0.3 is 14.8 Å². The Kier molecular flexibility index (Phi) is 4.03. The second-order valence-corrected chi connectivity index (χ2v) is 6.55. The summed E-state index contributed by atoms with van der Waals surface area (Å²) in [6.45, 7) is 0. The van der Waals surface area contributed by atoms with Crippen LogP contribution in [0.5, 0.6) is 11.5 Å². The van der Waals surface area contributed by atoms with Gasteiger partial charge in [0.05, 0.1) is 36.4 Å². The van der Waals surface area contributed by atoms with Crippen molar-refractivity contribution >= 4 is 11.4 Å². The topological polar surface area (TPSA) is 73.6 Å². The zero-order valence-corrected chi connectivity index (χ0v) is 14.6. The molecule has 0 radical (unpaired) electrons. The molecule has 6 nitrogen and oxygen atoms in total. The van der Waals surface area contributed by atoms with Crippen molar-refractivity contribution in [2.75, 3.05) is 19.5 Å². The van der Waals surface area contributed by atoms with E-state index in [1.165, 1.54) is 0 Å². The molecule has 0 spiro atoms. The first-order valence-corrected chi connectivity index (χ1v) is 8.57. The van der Waals surface area contributed by atoms with Gasteiger partial charge in [-0.15, -0.1) is 0 Å². The molecule has 26 heavy (non-hydrogen) atoms. The van der Waals surface area contributed by atoms with Crippen LogP contribution in [0.25, 0.3) is 0 Å². The summed E-state index contributed by atoms with van der Waals surface area (Å²) in [5.41, 5.74) is 2.75. The number of methoxy groups -OCH3 is 2. The van der Waals surface area contributed by atoms with Crippen LogP contribution in [0.15, 0.2) is 48.6 Å². The maximum absolute atomic E-state index is 11.5. The smallest absolute Gasteiger partial charge is 0.274 e. The Hall–Kier alpha value is -3.02. The molecule has 134 valence electrons. The molecule has 0 fully saturated rings. The molecule has 2 aliphatic rings. The third-order valence-electron chi connectivity index (χ3n) is 5.35. The molecule has 3 unspecified atom stereocenters. The van der Waals surface area contributed by atoms with Gasteiger partial charge in [0.2, 0.25) is 0 Å². The lowest BCUT2D eigenvalue weighted by atomic mass is 9.76. The minimum Gasteiger partial charge on any atom is -0.496 e. The van der Waals surface area contributed by atoms with Crippen LogP contribution in [-0.4, -0.2) is 19.1 Å². The summed E-state index contributed by atoms with van der Waals surface area (Å²) in [7, 11) is 3.28. The average Bonchev–Trinajstić information content (AvgIpc) is 3.16. The van der Waals surface area contributed by atoms with Gasteiger partial charge in [-0.1, -0.05) is 30.4 Å². The van der Waals surface area contributed by atoms with E-state index < -0.39 is 0 Å². The molecule has 1 N–H and O–H groups in total. The zero-order valence-electron chi connectivity index (χ0n) is 14.6. The van der Waals surface area contributed by atoms with Crippen LogP contribution in [0.4, 0.5) is 11.4 Å². The summed E-state index contributed by atoms with van der Waals surface area (Å²) in [5, 5.41) is 15.1. The van der Waals surface area contributed by atoms with Gasteiger partial charge in [-0.05, 0) is 24.5 Å². The van der Waals surface area contributed by atoms with E-state index in [9.17, 15) is 10.1 Å². The highest BCUT2D eigenvalue weighted by Crippen LogP contribution is 2.55. The van der Waals surface area contributed by atoms with Gasteiger partial charge in [0.15, 0.2) is 0 Å². The van der Waals surface area contributed by atoms with E-state index in [1.54, 1.807) is 26.4 Å². The van der Waals surface area contributed by atoms with Gasteiger partial charge in [-0.3, -0.25) is 10.1 Å². The van der Waals surface area contributed by atoms with Crippen molar-refractivity contribution in [2.24, 2.45) is 5.92 Å². The van der Waals surface area contributed by atoms with Crippen molar-refractivity contribution < 1.29 is 14.4 Å². The lowest BCUT2D eigenvalue weighted by molar-refractivity contribution is -0.385. The van der Waals surface area contributed by atoms with E-state index >= 15 is 0 Å². The molecule has 0 aromatic heterocycles. The molecule has 4 rings (SSSR count). The largest absolute Gasteiger partial charge is 0.496 e. The van der Waals surface area contributed by atoms with Crippen molar-refractivity contribution in [3.63, 3.8) is 0 Å². The lowest BCUT2D eigenvalue weighted by Gasteiger charge is -2.38. The zero-order chi connectivity index (χ0) is 18.3. The molecule has 1 heterocycles. The van der Waals surface area contributed by atoms with Crippen molar-refractivity contribution in [1.29, 1.82) is 0 Å². The summed E-state index contributed by atoms with van der Waals surface area (Å²) in [6, 6.07) is 10.5. The number of allylic oxidation sites excluding steroid dienone is 2. The van der Waals surface area contributed by atoms with Gasteiger partial charge >= 0.3 is 0 Å². The summed E-state index contributed by atoms with van der Waals surface area (Å²) in [4.78, 5) is 11.2. The molecule has 3 atom stereocenters. The van der Waals surface area contributed by atoms with Crippen molar-refractivity contribution in [1.82, 2.24) is 0 Å². The first kappa shape index (κ1) is 16.4. The minimum atomic E-state index is -0.313. The Morgan fingerprint density at radius 2 is 1.85 bits per heavy atom. The SMILES string of the molecule is COc1ccc(OC)c2c1NC(c1ccccc1[N+](=O)[O-])C1CC=CC21. The fourth-order valence-corrected chi connectivity index (χ4v) is 4.22. The first-order valence-electron chi connectivity index (χ1n) is 8.57. The first-order chi connectivity index (χ1) is 12.7. The monoisotopic (exact) mass is 352 g/mol. The summed E-state index contributed by atoms with van der Waals surface area (Å²) < 4.78 is 11.1. The molecule has 0 amide bonds. The van der Waals surface area contributed by atoms with E-state index in [0.717, 1.165) is 23.4 Å². The number of para-hydroxylation sites is 1. The molecule has 0 bridgehead atoms. The van der Waals surface area contributed by atoms with Crippen LogP contribution in [0.3, 0.4) is 0 Å². The second-order valence-electron chi connectivity index (χ2n) is 6.55. The Morgan fingerprint density at radius 3 is 2.58 bits per heavy atom. The number of fused-ring (bicyclic) bond motifs is 3. The minimum absolute atomic E-state index is 0.126. The number of rotatable bonds is 4. The Morgan fingerprint density at radius 1 is 1.12 bits per heavy atom. The number of nitro benzene ring substituents is 1. The van der Waals surface area contributed by atoms with Gasteiger partial charge in [0.25, 0.3) is 5.69 Å². The van der Waals surface area contributed by atoms with E-state index in [-0.39, 0.29) is 28.5 Å². The fraction of sp³-hybridized carbons (Fsp3) is 0.300. The summed E-state index contributed by atoms with van der Waals surface area (Å²) >= 11 is 0. The summed E-state index contributed by atoms with van der Waals surface area (Å²) in [6.07, 6.45) is 5.18. The number of benzene rings is 2. The predicted octanol–water partition coefficient (Wildman–Crippen LogP) is 4.44. The second kappa shape index (κ2) is 6.37. The van der Waals surface area contributed by atoms with Gasteiger partial charge in [-0.25, -0.2) is 0 Å². The maximum Gasteiger partial charge on any atom is 0.274 e. The van der Waals surface area contributed by atoms with Crippen LogP contribution in [0.2, 0.25) is 0 Å². The van der Waals surface area contributed by atoms with Crippen molar-refractivity contribution in [2.45, 2.75) is 18.4 Å². The number of ether oxygens (including phenoxy) is 2. The Balaban J connectivity index is 1.89. The lowest BCUT2D eigenvalue weighted by Crippen LogP contribution is -2.30. The van der Waals surface area contributed by atoms with E-state index in [0.29, 0.717) is 11.3 Å². The molecule has 1 aliphatic heterocycles. The number of anilines is 1. The standard InChI is InChI=1S/C20H20N2O4/c1-25-16-10-11-17(26-2)20-18(16)12-7-5-8-13(12)19(21-20)14-6-3-4-9-15(14)22(23)24/h3-7,9-13,19,21H,8H2,1-2H3. The van der Waals surface area contributed by atoms with Gasteiger partial charge in [0.1, 0.15) is 11.5 Å². The normalized spacial score (nSPS) is 22.9. The van der Waals surface area contributed by atoms with Crippen LogP contribution in [-0.2, 0) is 0 Å². The third-order valence-corrected chi connectivity index (χ3v) is 5.35. The molecular formula is C20H20N2O4. The highest BCUT2D eigenvalue weighted by molar-refractivity contribution is 5.72. The van der Waals surface area contributed by atoms with Crippen LogP contribution >= 0.6 is 0 Å². The van der Waals surface area contributed by atoms with Crippen LogP contribution in [0.1, 0.15) is 29.5 Å². The number of hydrogen-bond acceptors (Lipinski definition) is 5. The molecule has 1 aliphatic carbocycles. The van der Waals surface area contributed by atoms with E-state index in [1.807, 2.05) is 24.3 Å². The number of nitrogens with zero attached hydrogens (tertiary/aromatic N) is 1. The fourth-order valence-electron chi connectivity index (χ4n) is 4.22. The van der Waals surface area contributed by atoms with Crippen LogP contribution < -0.4 is 14.8 Å². The molecule has 6 heteroatoms. The number of hydrogen-bond donors (Lipinski definition) is 1. The Labute approximate surface area is 151 Å². The maximum atomic E-state index is 11.5.